The molecule has 2 aromatic carbocycles. The van der Waals surface area contributed by atoms with Gasteiger partial charge < -0.3 is 24.8 Å². The summed E-state index contributed by atoms with van der Waals surface area (Å²) >= 11 is 3.91. The van der Waals surface area contributed by atoms with Crippen LogP contribution in [0, 0.1) is 50.7 Å². The van der Waals surface area contributed by atoms with E-state index >= 15 is 0 Å². The molecule has 0 saturated heterocycles. The molecule has 2 saturated carbocycles. The number of rotatable bonds is 4. The van der Waals surface area contributed by atoms with Crippen LogP contribution in [0.5, 0.6) is 0 Å². The van der Waals surface area contributed by atoms with Crippen molar-refractivity contribution in [1.29, 1.82) is 0 Å². The third-order valence-corrected chi connectivity index (χ3v) is 26.1. The van der Waals surface area contributed by atoms with Gasteiger partial charge in [-0.15, -0.1) is 0 Å². The Bertz CT molecular complexity index is 2090. The van der Waals surface area contributed by atoms with Gasteiger partial charge in [-0.05, 0) is 0 Å². The van der Waals surface area contributed by atoms with Crippen molar-refractivity contribution in [2.75, 3.05) is 0 Å². The van der Waals surface area contributed by atoms with Gasteiger partial charge in [0.15, 0.2) is 0 Å². The van der Waals surface area contributed by atoms with Crippen LogP contribution < -0.4 is 24.8 Å². The van der Waals surface area contributed by atoms with Crippen LogP contribution in [-0.4, -0.2) is 3.21 Å². The number of halogens is 3. The molecule has 0 heterocycles. The van der Waals surface area contributed by atoms with E-state index in [4.69, 9.17) is 11.6 Å². The largest absolute Gasteiger partial charge is 1.00 e. The Kier molecular flexibility index (Phi) is 9.95. The summed E-state index contributed by atoms with van der Waals surface area (Å²) in [6.45, 7) is 23.4. The molecule has 4 heteroatoms. The van der Waals surface area contributed by atoms with E-state index in [0.717, 1.165) is 11.4 Å². The fourth-order valence-electron chi connectivity index (χ4n) is 13.2. The fourth-order valence-corrected chi connectivity index (χ4v) is 24.6. The minimum atomic E-state index is -3.00. The monoisotopic (exact) mass is 824 g/mol. The van der Waals surface area contributed by atoms with Crippen molar-refractivity contribution < 1.29 is 46.1 Å². The van der Waals surface area contributed by atoms with Crippen LogP contribution in [0.15, 0.2) is 142 Å². The molecule has 52 heavy (non-hydrogen) atoms. The number of aryl methyl sites for hydroxylation is 1. The molecule has 0 aliphatic heterocycles. The molecule has 0 bridgehead atoms. The number of hydrogen-bond donors (Lipinski definition) is 0. The van der Waals surface area contributed by atoms with Crippen LogP contribution in [0.2, 0.25) is 8.65 Å². The Morgan fingerprint density at radius 2 is 1.27 bits per heavy atom. The Hall–Kier alpha value is -2.02. The van der Waals surface area contributed by atoms with Crippen LogP contribution in [0.3, 0.4) is 0 Å². The van der Waals surface area contributed by atoms with Crippen LogP contribution in [-0.2, 0) is 21.3 Å². The first-order valence-electron chi connectivity index (χ1n) is 18.7. The number of benzene rings is 2. The van der Waals surface area contributed by atoms with Crippen LogP contribution >= 0.6 is 11.6 Å². The average Bonchev–Trinajstić information content (AvgIpc) is 3.68. The van der Waals surface area contributed by atoms with Crippen molar-refractivity contribution in [2.24, 2.45) is 43.8 Å². The van der Waals surface area contributed by atoms with Crippen molar-refractivity contribution in [3.05, 3.63) is 164 Å². The Balaban J connectivity index is 0.00000232. The molecule has 0 N–H and O–H groups in total. The summed E-state index contributed by atoms with van der Waals surface area (Å²) in [5, 5.41) is 0.817. The molecular weight excluding hydrogens is 774 g/mol. The molecule has 0 spiro atoms. The molecule has 0 aromatic heterocycles. The quantitative estimate of drug-likeness (QED) is 0.314. The van der Waals surface area contributed by atoms with E-state index < -0.39 is 21.3 Å². The van der Waals surface area contributed by atoms with Crippen molar-refractivity contribution in [2.45, 2.75) is 72.4 Å². The van der Waals surface area contributed by atoms with Gasteiger partial charge in [-0.25, -0.2) is 0 Å². The van der Waals surface area contributed by atoms with Gasteiger partial charge in [0.05, 0.1) is 0 Å². The molecular formula is C48H53Cl3Zr. The SMILES string of the molecule is CC1=CC=CC2[CH](/[Zr+2]([C]3=CC=CC3)=[C](\c3ccc(C)cc3)c3cccc(Cl)c3)C3(C)C4(C)C=CC=CC4(C)C4(C)C=CC=CC4(C)C3(C)C12C.[Cl-].[Cl-]. The Morgan fingerprint density at radius 3 is 1.87 bits per heavy atom. The van der Waals surface area contributed by atoms with E-state index in [-0.39, 0.29) is 62.7 Å². The van der Waals surface area contributed by atoms with Crippen molar-refractivity contribution in [3.63, 3.8) is 0 Å². The van der Waals surface area contributed by atoms with Gasteiger partial charge >= 0.3 is 316 Å². The molecule has 6 aliphatic rings. The molecule has 8 rings (SSSR count). The van der Waals surface area contributed by atoms with E-state index in [1.54, 1.807) is 6.49 Å². The van der Waals surface area contributed by atoms with E-state index in [2.05, 4.69) is 190 Å². The summed E-state index contributed by atoms with van der Waals surface area (Å²) in [4.78, 5) is 0. The zero-order chi connectivity index (χ0) is 35.5. The molecule has 2 fully saturated rings. The molecule has 0 radical (unpaired) electrons. The summed E-state index contributed by atoms with van der Waals surface area (Å²) < 4.78 is 3.77. The molecule has 0 nitrogen and oxygen atoms in total. The zero-order valence-corrected chi connectivity index (χ0v) is 36.9. The summed E-state index contributed by atoms with van der Waals surface area (Å²) in [6.07, 6.45) is 35.9. The Morgan fingerprint density at radius 1 is 0.673 bits per heavy atom. The summed E-state index contributed by atoms with van der Waals surface area (Å²) in [5.74, 6) is 0.386. The second-order valence-electron chi connectivity index (χ2n) is 17.5. The van der Waals surface area contributed by atoms with Gasteiger partial charge in [0, 0.05) is 0 Å². The van der Waals surface area contributed by atoms with Crippen molar-refractivity contribution in [3.8, 4) is 0 Å². The van der Waals surface area contributed by atoms with Gasteiger partial charge in [-0.1, -0.05) is 0 Å². The van der Waals surface area contributed by atoms with Gasteiger partial charge in [-0.3, -0.25) is 0 Å². The van der Waals surface area contributed by atoms with Crippen molar-refractivity contribution >= 4 is 14.8 Å². The normalized spacial score (nSPS) is 40.4. The third-order valence-electron chi connectivity index (χ3n) is 16.7. The molecule has 9 unspecified atom stereocenters. The second-order valence-corrected chi connectivity index (χ2v) is 24.3. The van der Waals surface area contributed by atoms with E-state index in [1.807, 2.05) is 6.07 Å². The van der Waals surface area contributed by atoms with Gasteiger partial charge in [-0.2, -0.15) is 0 Å². The van der Waals surface area contributed by atoms with Crippen LogP contribution in [0.25, 0.3) is 0 Å². The third kappa shape index (κ3) is 4.47. The molecule has 9 atom stereocenters. The molecule has 6 aliphatic carbocycles. The standard InChI is InChI=1S/C29H37.C14H11Cl.C5H5.2ClH.Zr/c1-21-14-13-15-22-20-27(6)25(4)18-10-9-16-23(25,2)24(3)17-11-12-19-26(24,5)29(27,8)28(21,22)7;1-11-5-7-12(8-6-11)9-13-3-2-4-14(15)10-13;1-2-4-5-3-1;;;/h9-20,22H,1-8H3;2-8,10H,1H3;1-3H,4H2;2*1H;/q;;;;;+2/p-2. The minimum Gasteiger partial charge on any atom is -1.00 e. The topological polar surface area (TPSA) is 0 Å². The smallest absolute Gasteiger partial charge is 1.00 e. The summed E-state index contributed by atoms with van der Waals surface area (Å²) in [5.41, 5.74) is 4.73. The molecule has 2 aromatic rings. The van der Waals surface area contributed by atoms with E-state index in [1.165, 1.54) is 22.3 Å². The predicted octanol–water partition coefficient (Wildman–Crippen LogP) is 6.93. The Labute approximate surface area is 338 Å². The van der Waals surface area contributed by atoms with E-state index in [0.29, 0.717) is 9.54 Å². The maximum Gasteiger partial charge on any atom is -1.00 e. The van der Waals surface area contributed by atoms with E-state index in [9.17, 15) is 0 Å². The first-order valence-corrected chi connectivity index (χ1v) is 22.9. The maximum atomic E-state index is 6.91. The molecule has 270 valence electrons. The minimum absolute atomic E-state index is 0. The number of fused-ring (bicyclic) bond motifs is 8. The van der Waals surface area contributed by atoms with Gasteiger partial charge in [0.1, 0.15) is 0 Å². The van der Waals surface area contributed by atoms with Crippen LogP contribution in [0.4, 0.5) is 0 Å². The average molecular weight is 828 g/mol. The van der Waals surface area contributed by atoms with Crippen LogP contribution in [0.1, 0.15) is 78.5 Å². The maximum absolute atomic E-state index is 6.91. The number of hydrogen-bond acceptors (Lipinski definition) is 0. The van der Waals surface area contributed by atoms with Gasteiger partial charge in [0.25, 0.3) is 0 Å². The number of allylic oxidation sites excluding steroid dienone is 16. The second kappa shape index (κ2) is 13.0. The zero-order valence-electron chi connectivity index (χ0n) is 32.2. The first-order chi connectivity index (χ1) is 23.7. The fraction of sp³-hybridized carbons (Fsp3) is 0.396. The molecule has 0 amide bonds. The first kappa shape index (κ1) is 39.7. The summed E-state index contributed by atoms with van der Waals surface area (Å²) in [7, 11) is 0. The van der Waals surface area contributed by atoms with Gasteiger partial charge in [0.2, 0.25) is 0 Å². The predicted molar refractivity (Wildman–Crippen MR) is 211 cm³/mol. The summed E-state index contributed by atoms with van der Waals surface area (Å²) in [6, 6.07) is 18.3. The van der Waals surface area contributed by atoms with Crippen molar-refractivity contribution in [1.82, 2.24) is 0 Å².